The summed E-state index contributed by atoms with van der Waals surface area (Å²) in [6, 6.07) is 0. The van der Waals surface area contributed by atoms with E-state index in [1.165, 1.54) is 32.1 Å². The van der Waals surface area contributed by atoms with E-state index in [1.54, 1.807) is 0 Å². The molecule has 0 N–H and O–H groups in total. The molecule has 0 aromatic heterocycles. The number of hydrogen-bond acceptors (Lipinski definition) is 1. The van der Waals surface area contributed by atoms with Crippen molar-refractivity contribution in [2.75, 3.05) is 0 Å². The second-order valence-corrected chi connectivity index (χ2v) is 6.37. The highest BCUT2D eigenvalue weighted by molar-refractivity contribution is 6.48. The van der Waals surface area contributed by atoms with Gasteiger partial charge in [0.2, 0.25) is 9.04 Å². The lowest BCUT2D eigenvalue weighted by Gasteiger charge is -2.07. The molecule has 1 nitrogen and oxygen atoms in total. The van der Waals surface area contributed by atoms with E-state index >= 15 is 0 Å². The van der Waals surface area contributed by atoms with Gasteiger partial charge in [-0.3, -0.25) is 0 Å². The monoisotopic (exact) mass is 212 g/mol. The maximum atomic E-state index is 5.38. The van der Waals surface area contributed by atoms with Crippen LogP contribution >= 0.6 is 0 Å². The summed E-state index contributed by atoms with van der Waals surface area (Å²) in [5.41, 5.74) is 0. The van der Waals surface area contributed by atoms with Gasteiger partial charge in [0, 0.05) is 5.92 Å². The Morgan fingerprint density at radius 3 is 2.36 bits per heavy atom. The first kappa shape index (κ1) is 13.6. The molecule has 0 rings (SSSR count). The first-order valence-corrected chi connectivity index (χ1v) is 8.64. The van der Waals surface area contributed by atoms with Gasteiger partial charge in [0.1, 0.15) is 0 Å². The summed E-state index contributed by atoms with van der Waals surface area (Å²) in [5, 5.41) is 0. The first-order valence-electron chi connectivity index (χ1n) is 5.86. The quantitative estimate of drug-likeness (QED) is 0.483. The minimum atomic E-state index is -0.950. The summed E-state index contributed by atoms with van der Waals surface area (Å²) in [6.45, 7) is 8.75. The van der Waals surface area contributed by atoms with Gasteiger partial charge < -0.3 is 4.43 Å². The minimum absolute atomic E-state index is 0.563. The van der Waals surface area contributed by atoms with Gasteiger partial charge >= 0.3 is 0 Å². The van der Waals surface area contributed by atoms with Gasteiger partial charge in [-0.05, 0) is 25.9 Å². The summed E-state index contributed by atoms with van der Waals surface area (Å²) in [5.74, 6) is 3.81. The van der Waals surface area contributed by atoms with Crippen molar-refractivity contribution in [3.8, 4) is 12.0 Å². The van der Waals surface area contributed by atoms with Crippen LogP contribution in [0.15, 0.2) is 0 Å². The molecule has 0 aliphatic carbocycles. The van der Waals surface area contributed by atoms with E-state index in [0.29, 0.717) is 5.92 Å². The van der Waals surface area contributed by atoms with Crippen LogP contribution in [0.25, 0.3) is 0 Å². The summed E-state index contributed by atoms with van der Waals surface area (Å²) >= 11 is 0. The van der Waals surface area contributed by atoms with Gasteiger partial charge in [-0.2, -0.15) is 0 Å². The number of hydrogen-bond donors (Lipinski definition) is 0. The third-order valence-electron chi connectivity index (χ3n) is 2.10. The second-order valence-electron chi connectivity index (χ2n) is 4.04. The Balaban J connectivity index is 3.85. The van der Waals surface area contributed by atoms with E-state index < -0.39 is 9.04 Å². The SMILES string of the molecule is CCCCC(C#CO[SiH](C)C)CCC. The van der Waals surface area contributed by atoms with Crippen molar-refractivity contribution < 1.29 is 4.43 Å². The topological polar surface area (TPSA) is 9.23 Å². The molecule has 0 radical (unpaired) electrons. The lowest BCUT2D eigenvalue weighted by molar-refractivity contribution is 0.508. The predicted molar refractivity (Wildman–Crippen MR) is 65.7 cm³/mol. The van der Waals surface area contributed by atoms with E-state index in [9.17, 15) is 0 Å². The Morgan fingerprint density at radius 1 is 1.14 bits per heavy atom. The fraction of sp³-hybridized carbons (Fsp3) is 0.833. The number of rotatable bonds is 6. The van der Waals surface area contributed by atoms with E-state index in [1.807, 2.05) is 0 Å². The average molecular weight is 212 g/mol. The fourth-order valence-electron chi connectivity index (χ4n) is 1.32. The first-order chi connectivity index (χ1) is 6.70. The van der Waals surface area contributed by atoms with Gasteiger partial charge in [0.05, 0.1) is 6.11 Å². The van der Waals surface area contributed by atoms with Crippen molar-refractivity contribution in [3.63, 3.8) is 0 Å². The molecule has 0 heterocycles. The lowest BCUT2D eigenvalue weighted by atomic mass is 9.98. The zero-order valence-corrected chi connectivity index (χ0v) is 11.3. The predicted octanol–water partition coefficient (Wildman–Crippen LogP) is 3.55. The summed E-state index contributed by atoms with van der Waals surface area (Å²) in [7, 11) is -0.950. The molecule has 0 saturated carbocycles. The van der Waals surface area contributed by atoms with E-state index in [0.717, 1.165) is 0 Å². The molecule has 82 valence electrons. The standard InChI is InChI=1S/C12H24OSi/c1-5-7-9-12(8-6-2)10-11-13-14(3)4/h12,14H,5-9H2,1-4H3. The molecule has 0 spiro atoms. The molecule has 0 aromatic rings. The van der Waals surface area contributed by atoms with Gasteiger partial charge in [-0.25, -0.2) is 0 Å². The molecule has 0 aromatic carbocycles. The molecule has 1 atom stereocenters. The molecule has 1 unspecified atom stereocenters. The molecular weight excluding hydrogens is 188 g/mol. The highest BCUT2D eigenvalue weighted by atomic mass is 28.3. The van der Waals surface area contributed by atoms with Crippen LogP contribution < -0.4 is 0 Å². The van der Waals surface area contributed by atoms with E-state index in [2.05, 4.69) is 39.0 Å². The van der Waals surface area contributed by atoms with Gasteiger partial charge in [-0.15, -0.1) is 0 Å². The van der Waals surface area contributed by atoms with Crippen molar-refractivity contribution in [2.24, 2.45) is 5.92 Å². The Morgan fingerprint density at radius 2 is 1.86 bits per heavy atom. The summed E-state index contributed by atoms with van der Waals surface area (Å²) in [6.07, 6.45) is 9.13. The van der Waals surface area contributed by atoms with Crippen molar-refractivity contribution in [1.29, 1.82) is 0 Å². The third kappa shape index (κ3) is 8.19. The van der Waals surface area contributed by atoms with Crippen LogP contribution in [0.1, 0.15) is 46.0 Å². The van der Waals surface area contributed by atoms with Crippen LogP contribution in [0, 0.1) is 17.9 Å². The molecule has 0 aliphatic rings. The highest BCUT2D eigenvalue weighted by Crippen LogP contribution is 2.13. The number of unbranched alkanes of at least 4 members (excludes halogenated alkanes) is 1. The largest absolute Gasteiger partial charge is 0.505 e. The lowest BCUT2D eigenvalue weighted by Crippen LogP contribution is -2.03. The van der Waals surface area contributed by atoms with Gasteiger partial charge in [0.25, 0.3) is 0 Å². The van der Waals surface area contributed by atoms with Gasteiger partial charge in [-0.1, -0.05) is 39.0 Å². The normalized spacial score (nSPS) is 12.1. The maximum absolute atomic E-state index is 5.38. The van der Waals surface area contributed by atoms with E-state index in [-0.39, 0.29) is 0 Å². The van der Waals surface area contributed by atoms with Crippen LogP contribution in [-0.2, 0) is 4.43 Å². The van der Waals surface area contributed by atoms with Gasteiger partial charge in [0.15, 0.2) is 0 Å². The summed E-state index contributed by atoms with van der Waals surface area (Å²) in [4.78, 5) is 0. The van der Waals surface area contributed by atoms with Crippen LogP contribution in [0.2, 0.25) is 13.1 Å². The molecular formula is C12H24OSi. The molecule has 0 saturated heterocycles. The van der Waals surface area contributed by atoms with E-state index in [4.69, 9.17) is 4.43 Å². The van der Waals surface area contributed by atoms with Crippen molar-refractivity contribution in [3.05, 3.63) is 0 Å². The Hall–Kier alpha value is -0.423. The molecule has 0 bridgehead atoms. The summed E-state index contributed by atoms with van der Waals surface area (Å²) < 4.78 is 5.38. The molecule has 0 aliphatic heterocycles. The Kier molecular flexibility index (Phi) is 8.87. The zero-order valence-electron chi connectivity index (χ0n) is 10.1. The molecule has 2 heteroatoms. The smallest absolute Gasteiger partial charge is 0.244 e. The average Bonchev–Trinajstić information content (AvgIpc) is 2.13. The van der Waals surface area contributed by atoms with Crippen LogP contribution in [0.5, 0.6) is 0 Å². The minimum Gasteiger partial charge on any atom is -0.505 e. The third-order valence-corrected chi connectivity index (χ3v) is 2.69. The fourth-order valence-corrected chi connectivity index (χ4v) is 1.63. The van der Waals surface area contributed by atoms with Crippen molar-refractivity contribution in [2.45, 2.75) is 59.0 Å². The zero-order chi connectivity index (χ0) is 10.8. The second kappa shape index (κ2) is 9.14. The maximum Gasteiger partial charge on any atom is 0.244 e. The van der Waals surface area contributed by atoms with Crippen LogP contribution in [0.4, 0.5) is 0 Å². The molecule has 0 amide bonds. The van der Waals surface area contributed by atoms with Crippen molar-refractivity contribution in [1.82, 2.24) is 0 Å². The molecule has 14 heavy (non-hydrogen) atoms. The molecule has 0 fully saturated rings. The van der Waals surface area contributed by atoms with Crippen LogP contribution in [0.3, 0.4) is 0 Å². The highest BCUT2D eigenvalue weighted by Gasteiger charge is 2.02. The van der Waals surface area contributed by atoms with Crippen LogP contribution in [-0.4, -0.2) is 9.04 Å². The van der Waals surface area contributed by atoms with Crippen molar-refractivity contribution >= 4 is 9.04 Å². The Bertz CT molecular complexity index is 178. The Labute approximate surface area is 91.0 Å².